The van der Waals surface area contributed by atoms with Crippen LogP contribution in [0.4, 0.5) is 10.1 Å². The predicted molar refractivity (Wildman–Crippen MR) is 126 cm³/mol. The predicted octanol–water partition coefficient (Wildman–Crippen LogP) is 2.83. The summed E-state index contributed by atoms with van der Waals surface area (Å²) in [7, 11) is 0. The summed E-state index contributed by atoms with van der Waals surface area (Å²) in [6.07, 6.45) is 0.565. The summed E-state index contributed by atoms with van der Waals surface area (Å²) in [5, 5.41) is 7.27. The first-order valence-electron chi connectivity index (χ1n) is 10.7. The van der Waals surface area contributed by atoms with Gasteiger partial charge in [-0.3, -0.25) is 14.2 Å². The summed E-state index contributed by atoms with van der Waals surface area (Å²) in [5.41, 5.74) is 0.915. The zero-order valence-corrected chi connectivity index (χ0v) is 18.0. The number of hydrogen-bond acceptors (Lipinski definition) is 4. The number of benzene rings is 3. The van der Waals surface area contributed by atoms with Crippen LogP contribution in [0.3, 0.4) is 0 Å². The Morgan fingerprint density at radius 1 is 0.941 bits per heavy atom. The maximum atomic E-state index is 13.4. The smallest absolute Gasteiger partial charge is 0.324 e. The van der Waals surface area contributed by atoms with Crippen LogP contribution in [0.15, 0.2) is 88.5 Å². The first-order chi connectivity index (χ1) is 16.5. The standard InChI is InChI=1S/C25H20FN5O3/c26-18-9-6-10-19(15-18)27-22(32)16-30-25(34)31-21-12-5-4-11-20(21)23(33)29(24(31)28-30)14-13-17-7-2-1-3-8-17/h1-12,15H,13-14,16H2,(H,27,32). The van der Waals surface area contributed by atoms with E-state index in [4.69, 9.17) is 0 Å². The van der Waals surface area contributed by atoms with Gasteiger partial charge in [0.1, 0.15) is 12.4 Å². The van der Waals surface area contributed by atoms with Gasteiger partial charge in [0.15, 0.2) is 0 Å². The maximum Gasteiger partial charge on any atom is 0.352 e. The topological polar surface area (TPSA) is 90.4 Å². The van der Waals surface area contributed by atoms with Gasteiger partial charge >= 0.3 is 5.69 Å². The van der Waals surface area contributed by atoms with Crippen LogP contribution in [0.1, 0.15) is 5.56 Å². The third kappa shape index (κ3) is 3.99. The number of halogens is 1. The lowest BCUT2D eigenvalue weighted by Crippen LogP contribution is -2.29. The van der Waals surface area contributed by atoms with Crippen LogP contribution in [0, 0.1) is 5.82 Å². The highest BCUT2D eigenvalue weighted by molar-refractivity contribution is 5.90. The van der Waals surface area contributed by atoms with Crippen LogP contribution in [0.5, 0.6) is 0 Å². The number of para-hydroxylation sites is 1. The molecule has 0 aliphatic carbocycles. The molecule has 2 heterocycles. The van der Waals surface area contributed by atoms with E-state index in [-0.39, 0.29) is 17.0 Å². The second kappa shape index (κ2) is 8.78. The summed E-state index contributed by atoms with van der Waals surface area (Å²) >= 11 is 0. The molecule has 2 aromatic heterocycles. The molecular weight excluding hydrogens is 437 g/mol. The molecule has 0 atom stereocenters. The Labute approximate surface area is 192 Å². The van der Waals surface area contributed by atoms with Gasteiger partial charge in [0.25, 0.3) is 5.56 Å². The molecule has 9 heteroatoms. The van der Waals surface area contributed by atoms with Crippen LogP contribution in [0.2, 0.25) is 0 Å². The van der Waals surface area contributed by atoms with Crippen molar-refractivity contribution < 1.29 is 9.18 Å². The zero-order chi connectivity index (χ0) is 23.7. The van der Waals surface area contributed by atoms with Gasteiger partial charge < -0.3 is 5.32 Å². The summed E-state index contributed by atoms with van der Waals surface area (Å²) in [4.78, 5) is 39.0. The van der Waals surface area contributed by atoms with Crippen molar-refractivity contribution in [2.45, 2.75) is 19.5 Å². The van der Waals surface area contributed by atoms with Crippen LogP contribution in [-0.2, 0) is 24.3 Å². The minimum Gasteiger partial charge on any atom is -0.324 e. The molecule has 5 rings (SSSR count). The Bertz CT molecular complexity index is 1640. The molecule has 0 unspecified atom stereocenters. The van der Waals surface area contributed by atoms with Crippen molar-refractivity contribution in [1.82, 2.24) is 18.7 Å². The van der Waals surface area contributed by atoms with E-state index in [9.17, 15) is 18.8 Å². The first kappa shape index (κ1) is 21.3. The van der Waals surface area contributed by atoms with E-state index in [2.05, 4.69) is 10.4 Å². The number of carbonyl (C=O) groups is 1. The van der Waals surface area contributed by atoms with E-state index >= 15 is 0 Å². The third-order valence-electron chi connectivity index (χ3n) is 5.55. The molecule has 8 nitrogen and oxygen atoms in total. The molecule has 0 aliphatic heterocycles. The molecule has 170 valence electrons. The molecule has 0 saturated heterocycles. The SMILES string of the molecule is O=C(Cn1nc2n(CCc3ccccc3)c(=O)c3ccccc3n2c1=O)Nc1cccc(F)c1. The van der Waals surface area contributed by atoms with E-state index in [1.54, 1.807) is 30.3 Å². The molecule has 0 saturated carbocycles. The van der Waals surface area contributed by atoms with Crippen molar-refractivity contribution in [1.29, 1.82) is 0 Å². The van der Waals surface area contributed by atoms with E-state index in [0.717, 1.165) is 10.2 Å². The lowest BCUT2D eigenvalue weighted by molar-refractivity contribution is -0.117. The number of nitrogens with one attached hydrogen (secondary N) is 1. The molecule has 5 aromatic rings. The van der Waals surface area contributed by atoms with Crippen LogP contribution in [-0.4, -0.2) is 24.7 Å². The van der Waals surface area contributed by atoms with Crippen molar-refractivity contribution >= 4 is 28.3 Å². The van der Waals surface area contributed by atoms with Crippen molar-refractivity contribution in [3.63, 3.8) is 0 Å². The largest absolute Gasteiger partial charge is 0.352 e. The molecule has 0 aliphatic rings. The van der Waals surface area contributed by atoms with Crippen LogP contribution < -0.4 is 16.6 Å². The van der Waals surface area contributed by atoms with Gasteiger partial charge in [0.2, 0.25) is 11.7 Å². The minimum atomic E-state index is -0.547. The molecule has 0 fully saturated rings. The van der Waals surface area contributed by atoms with E-state index in [1.165, 1.54) is 27.2 Å². The van der Waals surface area contributed by atoms with E-state index < -0.39 is 24.0 Å². The molecular formula is C25H20FN5O3. The quantitative estimate of drug-likeness (QED) is 0.425. The molecule has 1 amide bonds. The number of fused-ring (bicyclic) bond motifs is 3. The van der Waals surface area contributed by atoms with Gasteiger partial charge in [-0.1, -0.05) is 48.5 Å². The number of carbonyl (C=O) groups excluding carboxylic acids is 1. The fraction of sp³-hybridized carbons (Fsp3) is 0.120. The summed E-state index contributed by atoms with van der Waals surface area (Å²) in [5.74, 6) is -0.876. The number of nitrogens with zero attached hydrogens (tertiary/aromatic N) is 4. The summed E-state index contributed by atoms with van der Waals surface area (Å²) < 4.78 is 17.2. The van der Waals surface area contributed by atoms with Crippen molar-refractivity contribution in [2.75, 3.05) is 5.32 Å². The second-order valence-corrected chi connectivity index (χ2v) is 7.84. The Hall–Kier alpha value is -4.53. The monoisotopic (exact) mass is 457 g/mol. The average Bonchev–Trinajstić information content (AvgIpc) is 3.15. The van der Waals surface area contributed by atoms with Crippen molar-refractivity contribution in [3.8, 4) is 0 Å². The summed E-state index contributed by atoms with van der Waals surface area (Å²) in [6.45, 7) is -0.0820. The van der Waals surface area contributed by atoms with Gasteiger partial charge in [0, 0.05) is 12.2 Å². The fourth-order valence-corrected chi connectivity index (χ4v) is 3.96. The highest BCUT2D eigenvalue weighted by Gasteiger charge is 2.18. The number of amides is 1. The fourth-order valence-electron chi connectivity index (χ4n) is 3.96. The Morgan fingerprint density at radius 3 is 2.50 bits per heavy atom. The highest BCUT2D eigenvalue weighted by Crippen LogP contribution is 2.12. The third-order valence-corrected chi connectivity index (χ3v) is 5.55. The lowest BCUT2D eigenvalue weighted by Gasteiger charge is -2.09. The number of hydrogen-bond donors (Lipinski definition) is 1. The normalized spacial score (nSPS) is 11.2. The molecule has 0 radical (unpaired) electrons. The molecule has 0 spiro atoms. The number of anilines is 1. The second-order valence-electron chi connectivity index (χ2n) is 7.84. The van der Waals surface area contributed by atoms with Crippen molar-refractivity contribution in [3.05, 3.63) is 111 Å². The van der Waals surface area contributed by atoms with Gasteiger partial charge in [-0.25, -0.2) is 18.3 Å². The van der Waals surface area contributed by atoms with Crippen LogP contribution in [0.25, 0.3) is 16.7 Å². The molecule has 3 aromatic carbocycles. The zero-order valence-electron chi connectivity index (χ0n) is 18.0. The molecule has 0 bridgehead atoms. The van der Waals surface area contributed by atoms with Crippen LogP contribution >= 0.6 is 0 Å². The Balaban J connectivity index is 1.56. The number of aryl methyl sites for hydroxylation is 2. The highest BCUT2D eigenvalue weighted by atomic mass is 19.1. The maximum absolute atomic E-state index is 13.4. The molecule has 1 N–H and O–H groups in total. The number of rotatable bonds is 6. The molecule has 34 heavy (non-hydrogen) atoms. The Kier molecular flexibility index (Phi) is 5.51. The van der Waals surface area contributed by atoms with E-state index in [1.807, 2.05) is 30.3 Å². The van der Waals surface area contributed by atoms with Gasteiger partial charge in [-0.2, -0.15) is 0 Å². The van der Waals surface area contributed by atoms with Crippen molar-refractivity contribution in [2.24, 2.45) is 0 Å². The summed E-state index contributed by atoms with van der Waals surface area (Å²) in [6, 6.07) is 21.9. The minimum absolute atomic E-state index is 0.156. The number of aromatic nitrogens is 4. The first-order valence-corrected chi connectivity index (χ1v) is 10.7. The average molecular weight is 457 g/mol. The van der Waals surface area contributed by atoms with E-state index in [0.29, 0.717) is 23.9 Å². The van der Waals surface area contributed by atoms with Gasteiger partial charge in [-0.15, -0.1) is 5.10 Å². The van der Waals surface area contributed by atoms with Gasteiger partial charge in [-0.05, 0) is 42.3 Å². The van der Waals surface area contributed by atoms with Gasteiger partial charge in [0.05, 0.1) is 10.9 Å². The lowest BCUT2D eigenvalue weighted by atomic mass is 10.1. The Morgan fingerprint density at radius 2 is 1.71 bits per heavy atom.